The number of likely N-dealkylation sites (tertiary alicyclic amines) is 2. The molecule has 0 spiro atoms. The number of hydrogen-bond donors (Lipinski definition) is 0. The van der Waals surface area contributed by atoms with Crippen molar-refractivity contribution in [2.45, 2.75) is 104 Å². The van der Waals surface area contributed by atoms with Crippen LogP contribution in [0.25, 0.3) is 0 Å². The third-order valence-corrected chi connectivity index (χ3v) is 7.81. The highest BCUT2D eigenvalue weighted by Gasteiger charge is 2.33. The van der Waals surface area contributed by atoms with Gasteiger partial charge >= 0.3 is 0 Å². The lowest BCUT2D eigenvalue weighted by atomic mass is 9.93. The van der Waals surface area contributed by atoms with E-state index in [9.17, 15) is 9.59 Å². The van der Waals surface area contributed by atoms with Crippen LogP contribution in [-0.2, 0) is 16.0 Å². The van der Waals surface area contributed by atoms with Crippen LogP contribution in [-0.4, -0.2) is 93.5 Å². The number of amides is 1. The summed E-state index contributed by atoms with van der Waals surface area (Å²) in [5.41, 5.74) is 4.02. The Morgan fingerprint density at radius 2 is 1.62 bits per heavy atom. The fraction of sp³-hybridized carbons (Fsp3) is 0.641. The average molecular weight is 625 g/mol. The topological polar surface area (TPSA) is 49.9 Å². The SMILES string of the molecule is CC.CCCCC.C[N+](C)(C)C.Cc1ccccc1.O=CCN1CC(c2ccc3c(c2)CCO3)CC1CCCN1CCCC1=O. The van der Waals surface area contributed by atoms with Crippen molar-refractivity contribution in [3.05, 3.63) is 65.2 Å². The molecule has 2 saturated heterocycles. The Morgan fingerprint density at radius 3 is 2.13 bits per heavy atom. The van der Waals surface area contributed by atoms with Gasteiger partial charge in [-0.3, -0.25) is 9.69 Å². The molecule has 2 aromatic carbocycles. The van der Waals surface area contributed by atoms with Gasteiger partial charge in [-0.15, -0.1) is 0 Å². The first-order valence-electron chi connectivity index (χ1n) is 17.6. The summed E-state index contributed by atoms with van der Waals surface area (Å²) in [6, 6.07) is 17.3. The molecule has 3 heterocycles. The van der Waals surface area contributed by atoms with Crippen molar-refractivity contribution >= 4 is 12.2 Å². The molecule has 1 amide bonds. The zero-order valence-corrected chi connectivity index (χ0v) is 30.3. The summed E-state index contributed by atoms with van der Waals surface area (Å²) in [6.45, 7) is 14.5. The number of aryl methyl sites for hydroxylation is 1. The lowest BCUT2D eigenvalue weighted by Gasteiger charge is -2.23. The number of hydrogen-bond acceptors (Lipinski definition) is 4. The van der Waals surface area contributed by atoms with E-state index < -0.39 is 0 Å². The smallest absolute Gasteiger partial charge is 0.222 e. The van der Waals surface area contributed by atoms with Gasteiger partial charge in [-0.05, 0) is 55.7 Å². The second-order valence-corrected chi connectivity index (χ2v) is 13.5. The van der Waals surface area contributed by atoms with Crippen LogP contribution in [0.2, 0.25) is 0 Å². The van der Waals surface area contributed by atoms with E-state index in [0.29, 0.717) is 30.8 Å². The molecule has 2 unspecified atom stereocenters. The Labute approximate surface area is 276 Å². The fourth-order valence-corrected chi connectivity index (χ4v) is 5.65. The summed E-state index contributed by atoms with van der Waals surface area (Å²) in [5.74, 6) is 1.82. The second kappa shape index (κ2) is 22.7. The van der Waals surface area contributed by atoms with E-state index in [-0.39, 0.29) is 0 Å². The van der Waals surface area contributed by atoms with Gasteiger partial charge in [-0.2, -0.15) is 0 Å². The molecule has 3 aliphatic rings. The first kappa shape index (κ1) is 40.3. The van der Waals surface area contributed by atoms with Crippen molar-refractivity contribution in [1.29, 1.82) is 0 Å². The van der Waals surface area contributed by atoms with E-state index in [0.717, 1.165) is 74.9 Å². The standard InChI is InChI=1S/C21H28N2O3.C7H8.C5H12.C4H12N.C2H6/c24-11-10-23-15-18(16-5-6-20-17(13-16)7-12-26-20)14-19(23)3-1-8-22-9-2-4-21(22)25;1-7-5-3-2-4-6-7;1-3-5-4-2;1-5(2,3)4;1-2/h5-6,11,13,18-19H,1-4,7-10,12,14-15H2;2-6H,1H3;3-5H2,1-2H3;1-4H3;1-2H3/q;;;+1;. The number of fused-ring (bicyclic) bond motifs is 1. The molecule has 2 aromatic rings. The quantitative estimate of drug-likeness (QED) is 0.210. The summed E-state index contributed by atoms with van der Waals surface area (Å²) in [4.78, 5) is 27.2. The molecular weight excluding hydrogens is 558 g/mol. The van der Waals surface area contributed by atoms with Crippen molar-refractivity contribution in [3.8, 4) is 5.75 Å². The minimum Gasteiger partial charge on any atom is -0.493 e. The van der Waals surface area contributed by atoms with Crippen LogP contribution in [0.1, 0.15) is 102 Å². The zero-order valence-electron chi connectivity index (χ0n) is 30.3. The Balaban J connectivity index is 0.000000435. The molecule has 0 bridgehead atoms. The summed E-state index contributed by atoms with van der Waals surface area (Å²) in [6.07, 6.45) is 11.0. The highest BCUT2D eigenvalue weighted by atomic mass is 16.5. The van der Waals surface area contributed by atoms with Gasteiger partial charge in [0.15, 0.2) is 0 Å². The van der Waals surface area contributed by atoms with Gasteiger partial charge in [-0.25, -0.2) is 0 Å². The summed E-state index contributed by atoms with van der Waals surface area (Å²) < 4.78 is 6.62. The van der Waals surface area contributed by atoms with Crippen molar-refractivity contribution in [2.75, 3.05) is 61.0 Å². The predicted molar refractivity (Wildman–Crippen MR) is 191 cm³/mol. The van der Waals surface area contributed by atoms with Crippen LogP contribution in [0.5, 0.6) is 5.75 Å². The van der Waals surface area contributed by atoms with Crippen LogP contribution in [0.4, 0.5) is 0 Å². The molecular formula is C39H66N3O3+. The van der Waals surface area contributed by atoms with Crippen molar-refractivity contribution in [2.24, 2.45) is 0 Å². The average Bonchev–Trinajstić information content (AvgIpc) is 3.75. The molecule has 5 rings (SSSR count). The molecule has 2 fully saturated rings. The van der Waals surface area contributed by atoms with E-state index in [1.165, 1.54) is 36.0 Å². The minimum atomic E-state index is 0.305. The summed E-state index contributed by atoms with van der Waals surface area (Å²) in [5, 5.41) is 0. The van der Waals surface area contributed by atoms with Crippen molar-refractivity contribution in [1.82, 2.24) is 9.80 Å². The number of carbonyl (C=O) groups is 2. The van der Waals surface area contributed by atoms with Gasteiger partial charge in [-0.1, -0.05) is 95.0 Å². The number of benzene rings is 2. The van der Waals surface area contributed by atoms with E-state index in [2.05, 4.69) is 84.2 Å². The monoisotopic (exact) mass is 625 g/mol. The van der Waals surface area contributed by atoms with Gasteiger partial charge in [0.1, 0.15) is 12.0 Å². The molecule has 254 valence electrons. The number of nitrogens with zero attached hydrogens (tertiary/aromatic N) is 3. The maximum atomic E-state index is 11.8. The number of rotatable bonds is 9. The molecule has 45 heavy (non-hydrogen) atoms. The third-order valence-electron chi connectivity index (χ3n) is 7.81. The van der Waals surface area contributed by atoms with Crippen LogP contribution in [0, 0.1) is 6.92 Å². The molecule has 0 aliphatic carbocycles. The normalized spacial score (nSPS) is 18.5. The molecule has 0 saturated carbocycles. The molecule has 0 radical (unpaired) electrons. The number of unbranched alkanes of at least 4 members (excludes halogenated alkanes) is 2. The second-order valence-electron chi connectivity index (χ2n) is 13.5. The lowest BCUT2D eigenvalue weighted by molar-refractivity contribution is -0.849. The highest BCUT2D eigenvalue weighted by Crippen LogP contribution is 2.36. The Bertz CT molecular complexity index is 1060. The largest absolute Gasteiger partial charge is 0.493 e. The van der Waals surface area contributed by atoms with Gasteiger partial charge in [0.2, 0.25) is 5.91 Å². The minimum absolute atomic E-state index is 0.305. The number of ether oxygens (including phenoxy) is 1. The van der Waals surface area contributed by atoms with E-state index >= 15 is 0 Å². The fourth-order valence-electron chi connectivity index (χ4n) is 5.65. The predicted octanol–water partition coefficient (Wildman–Crippen LogP) is 7.92. The van der Waals surface area contributed by atoms with Gasteiger partial charge < -0.3 is 18.9 Å². The Morgan fingerprint density at radius 1 is 0.956 bits per heavy atom. The van der Waals surface area contributed by atoms with Crippen LogP contribution in [0.15, 0.2) is 48.5 Å². The number of carbonyl (C=O) groups excluding carboxylic acids is 2. The summed E-state index contributed by atoms with van der Waals surface area (Å²) in [7, 11) is 8.50. The van der Waals surface area contributed by atoms with Crippen LogP contribution >= 0.6 is 0 Å². The van der Waals surface area contributed by atoms with Crippen molar-refractivity contribution in [3.63, 3.8) is 0 Å². The first-order valence-corrected chi connectivity index (χ1v) is 17.6. The van der Waals surface area contributed by atoms with E-state index in [4.69, 9.17) is 4.74 Å². The van der Waals surface area contributed by atoms with Gasteiger partial charge in [0.05, 0.1) is 41.3 Å². The molecule has 3 aliphatic heterocycles. The zero-order chi connectivity index (χ0) is 33.7. The molecule has 6 heteroatoms. The lowest BCUT2D eigenvalue weighted by Crippen LogP contribution is -2.32. The first-order chi connectivity index (χ1) is 21.5. The maximum absolute atomic E-state index is 11.8. The van der Waals surface area contributed by atoms with Crippen LogP contribution in [0.3, 0.4) is 0 Å². The van der Waals surface area contributed by atoms with E-state index in [1.807, 2.05) is 36.9 Å². The van der Waals surface area contributed by atoms with Gasteiger partial charge in [0.25, 0.3) is 0 Å². The molecule has 0 aromatic heterocycles. The Kier molecular flexibility index (Phi) is 20.4. The highest BCUT2D eigenvalue weighted by molar-refractivity contribution is 5.78. The molecule has 0 N–H and O–H groups in total. The third kappa shape index (κ3) is 17.0. The molecule has 2 atom stereocenters. The maximum Gasteiger partial charge on any atom is 0.222 e. The number of quaternary nitrogens is 1. The van der Waals surface area contributed by atoms with E-state index in [1.54, 1.807) is 0 Å². The van der Waals surface area contributed by atoms with Crippen molar-refractivity contribution < 1.29 is 18.8 Å². The van der Waals surface area contributed by atoms with Crippen LogP contribution < -0.4 is 4.74 Å². The van der Waals surface area contributed by atoms with Gasteiger partial charge in [0, 0.05) is 38.5 Å². The molecule has 6 nitrogen and oxygen atoms in total. The summed E-state index contributed by atoms with van der Waals surface area (Å²) >= 11 is 0. The number of aldehydes is 1. The Hall–Kier alpha value is -2.70.